The van der Waals surface area contributed by atoms with Crippen molar-refractivity contribution in [2.75, 3.05) is 14.2 Å². The second-order valence-corrected chi connectivity index (χ2v) is 5.50. The summed E-state index contributed by atoms with van der Waals surface area (Å²) in [4.78, 5) is 24.8. The van der Waals surface area contributed by atoms with E-state index in [0.29, 0.717) is 17.1 Å². The topological polar surface area (TPSA) is 101 Å². The van der Waals surface area contributed by atoms with Crippen LogP contribution in [0.15, 0.2) is 51.0 Å². The third-order valence-corrected chi connectivity index (χ3v) is 3.97. The molecule has 25 heavy (non-hydrogen) atoms. The van der Waals surface area contributed by atoms with Crippen molar-refractivity contribution >= 4 is 5.97 Å². The maximum Gasteiger partial charge on any atom is 0.343 e. The van der Waals surface area contributed by atoms with Crippen LogP contribution in [0.5, 0.6) is 11.5 Å². The number of rotatable bonds is 3. The van der Waals surface area contributed by atoms with Crippen LogP contribution in [0.1, 0.15) is 22.8 Å². The Kier molecular flexibility index (Phi) is 4.22. The molecule has 0 radical (unpaired) electrons. The second kappa shape index (κ2) is 6.35. The monoisotopic (exact) mass is 343 g/mol. The van der Waals surface area contributed by atoms with E-state index in [1.54, 1.807) is 37.3 Å². The molecular formula is C18H17NO6. The number of esters is 1. The Labute approximate surface area is 143 Å². The fraction of sp³-hybridized carbons (Fsp3) is 0.222. The summed E-state index contributed by atoms with van der Waals surface area (Å²) in [6.07, 6.45) is 0. The number of hydrogen-bond donors (Lipinski definition) is 1. The summed E-state index contributed by atoms with van der Waals surface area (Å²) in [5.41, 5.74) is 6.22. The molecule has 2 N–H and O–H groups in total. The van der Waals surface area contributed by atoms with E-state index < -0.39 is 17.5 Å². The molecule has 130 valence electrons. The van der Waals surface area contributed by atoms with Gasteiger partial charge in [-0.15, -0.1) is 0 Å². The average molecular weight is 343 g/mol. The number of ether oxygens (including phenoxy) is 3. The summed E-state index contributed by atoms with van der Waals surface area (Å²) >= 11 is 0. The Morgan fingerprint density at radius 3 is 2.68 bits per heavy atom. The molecule has 1 aromatic carbocycles. The lowest BCUT2D eigenvalue weighted by Gasteiger charge is -2.27. The first-order chi connectivity index (χ1) is 12.0. The van der Waals surface area contributed by atoms with Gasteiger partial charge in [-0.1, -0.05) is 12.1 Å². The molecule has 0 spiro atoms. The molecule has 0 aliphatic carbocycles. The zero-order valence-corrected chi connectivity index (χ0v) is 14.0. The summed E-state index contributed by atoms with van der Waals surface area (Å²) in [5, 5.41) is 0. The highest BCUT2D eigenvalue weighted by Crippen LogP contribution is 2.41. The third-order valence-electron chi connectivity index (χ3n) is 3.97. The smallest absolute Gasteiger partial charge is 0.343 e. The minimum absolute atomic E-state index is 0.0411. The van der Waals surface area contributed by atoms with Gasteiger partial charge in [-0.25, -0.2) is 9.59 Å². The van der Waals surface area contributed by atoms with Gasteiger partial charge in [0.1, 0.15) is 22.8 Å². The number of nitrogens with two attached hydrogens (primary N) is 1. The van der Waals surface area contributed by atoms with Crippen molar-refractivity contribution < 1.29 is 23.4 Å². The lowest BCUT2D eigenvalue weighted by molar-refractivity contribution is -0.136. The van der Waals surface area contributed by atoms with E-state index in [9.17, 15) is 9.59 Å². The van der Waals surface area contributed by atoms with Crippen LogP contribution in [-0.2, 0) is 9.53 Å². The van der Waals surface area contributed by atoms with E-state index in [0.717, 1.165) is 0 Å². The van der Waals surface area contributed by atoms with Gasteiger partial charge in [0.05, 0.1) is 25.7 Å². The Morgan fingerprint density at radius 2 is 2.00 bits per heavy atom. The maximum absolute atomic E-state index is 12.5. The fourth-order valence-corrected chi connectivity index (χ4v) is 2.88. The van der Waals surface area contributed by atoms with Gasteiger partial charge in [0, 0.05) is 6.07 Å². The van der Waals surface area contributed by atoms with Crippen LogP contribution in [0.4, 0.5) is 0 Å². The van der Waals surface area contributed by atoms with Gasteiger partial charge in [-0.05, 0) is 24.6 Å². The van der Waals surface area contributed by atoms with Gasteiger partial charge in [-0.3, -0.25) is 0 Å². The summed E-state index contributed by atoms with van der Waals surface area (Å²) in [6, 6.07) is 8.55. The Morgan fingerprint density at radius 1 is 1.24 bits per heavy atom. The molecule has 1 aliphatic heterocycles. The number of benzene rings is 1. The number of carbonyl (C=O) groups is 1. The van der Waals surface area contributed by atoms with E-state index in [4.69, 9.17) is 24.4 Å². The molecule has 1 atom stereocenters. The molecule has 2 heterocycles. The van der Waals surface area contributed by atoms with Crippen LogP contribution in [0.2, 0.25) is 0 Å². The summed E-state index contributed by atoms with van der Waals surface area (Å²) in [7, 11) is 2.76. The standard InChI is InChI=1S/C18H17NO6/c1-9-7-12-14(18(21)24-9)13(10-5-4-6-11(8-10)22-2)15(16(19)25-12)17(20)23-3/h4-8,13H,19H2,1-3H3. The summed E-state index contributed by atoms with van der Waals surface area (Å²) in [6.45, 7) is 1.63. The highest BCUT2D eigenvalue weighted by Gasteiger charge is 2.38. The lowest BCUT2D eigenvalue weighted by atomic mass is 9.83. The molecule has 1 aromatic heterocycles. The largest absolute Gasteiger partial charge is 0.497 e. The van der Waals surface area contributed by atoms with Crippen molar-refractivity contribution in [3.05, 3.63) is 69.1 Å². The lowest BCUT2D eigenvalue weighted by Crippen LogP contribution is -2.30. The van der Waals surface area contributed by atoms with Gasteiger partial charge in [0.2, 0.25) is 5.88 Å². The molecule has 0 bridgehead atoms. The molecule has 7 nitrogen and oxygen atoms in total. The van der Waals surface area contributed by atoms with Gasteiger partial charge in [-0.2, -0.15) is 0 Å². The molecule has 1 unspecified atom stereocenters. The summed E-state index contributed by atoms with van der Waals surface area (Å²) < 4.78 is 20.8. The maximum atomic E-state index is 12.5. The predicted octanol–water partition coefficient (Wildman–Crippen LogP) is 1.82. The molecule has 0 fully saturated rings. The first-order valence-corrected chi connectivity index (χ1v) is 7.50. The van der Waals surface area contributed by atoms with Crippen LogP contribution in [0.3, 0.4) is 0 Å². The number of fused-ring (bicyclic) bond motifs is 1. The molecule has 0 saturated heterocycles. The van der Waals surface area contributed by atoms with E-state index in [-0.39, 0.29) is 22.8 Å². The van der Waals surface area contributed by atoms with E-state index in [1.807, 2.05) is 0 Å². The molecule has 0 amide bonds. The van der Waals surface area contributed by atoms with E-state index >= 15 is 0 Å². The van der Waals surface area contributed by atoms with Crippen molar-refractivity contribution in [2.24, 2.45) is 5.73 Å². The minimum atomic E-state index is -0.789. The molecular weight excluding hydrogens is 326 g/mol. The fourth-order valence-electron chi connectivity index (χ4n) is 2.88. The zero-order chi connectivity index (χ0) is 18.1. The van der Waals surface area contributed by atoms with Crippen molar-refractivity contribution in [3.8, 4) is 11.5 Å². The van der Waals surface area contributed by atoms with Gasteiger partial charge >= 0.3 is 11.6 Å². The van der Waals surface area contributed by atoms with Crippen LogP contribution in [0.25, 0.3) is 0 Å². The van der Waals surface area contributed by atoms with Gasteiger partial charge < -0.3 is 24.4 Å². The predicted molar refractivity (Wildman–Crippen MR) is 88.4 cm³/mol. The number of methoxy groups -OCH3 is 2. The van der Waals surface area contributed by atoms with Crippen LogP contribution in [0, 0.1) is 6.92 Å². The quantitative estimate of drug-likeness (QED) is 0.848. The molecule has 0 saturated carbocycles. The molecule has 7 heteroatoms. The van der Waals surface area contributed by atoms with E-state index in [1.165, 1.54) is 14.2 Å². The van der Waals surface area contributed by atoms with Crippen molar-refractivity contribution in [2.45, 2.75) is 12.8 Å². The first kappa shape index (κ1) is 16.6. The number of hydrogen-bond acceptors (Lipinski definition) is 7. The number of aryl methyl sites for hydroxylation is 1. The highest BCUT2D eigenvalue weighted by atomic mass is 16.5. The van der Waals surface area contributed by atoms with Crippen LogP contribution in [-0.4, -0.2) is 20.2 Å². The van der Waals surface area contributed by atoms with Gasteiger partial charge in [0.25, 0.3) is 0 Å². The molecule has 3 rings (SSSR count). The minimum Gasteiger partial charge on any atom is -0.497 e. The second-order valence-electron chi connectivity index (χ2n) is 5.50. The average Bonchev–Trinajstić information content (AvgIpc) is 2.59. The summed E-state index contributed by atoms with van der Waals surface area (Å²) in [5.74, 6) is -0.379. The normalized spacial score (nSPS) is 16.0. The number of carbonyl (C=O) groups excluding carboxylic acids is 1. The van der Waals surface area contributed by atoms with Gasteiger partial charge in [0.15, 0.2) is 0 Å². The zero-order valence-electron chi connectivity index (χ0n) is 14.0. The first-order valence-electron chi connectivity index (χ1n) is 7.50. The Bertz CT molecular complexity index is 927. The van der Waals surface area contributed by atoms with Crippen molar-refractivity contribution in [1.29, 1.82) is 0 Å². The van der Waals surface area contributed by atoms with Crippen molar-refractivity contribution in [1.82, 2.24) is 0 Å². The SMILES string of the molecule is COC(=O)C1=C(N)Oc2cc(C)oc(=O)c2C1c1cccc(OC)c1. The Hall–Kier alpha value is -3.22. The van der Waals surface area contributed by atoms with E-state index in [2.05, 4.69) is 0 Å². The van der Waals surface area contributed by atoms with Crippen molar-refractivity contribution in [3.63, 3.8) is 0 Å². The Balaban J connectivity index is 2.30. The third kappa shape index (κ3) is 2.84. The molecule has 2 aromatic rings. The highest BCUT2D eigenvalue weighted by molar-refractivity contribution is 5.92. The molecule has 1 aliphatic rings. The van der Waals surface area contributed by atoms with Crippen LogP contribution >= 0.6 is 0 Å². The van der Waals surface area contributed by atoms with Crippen LogP contribution < -0.4 is 20.8 Å².